The van der Waals surface area contributed by atoms with E-state index in [1.807, 2.05) is 12.4 Å². The van der Waals surface area contributed by atoms with E-state index in [4.69, 9.17) is 4.74 Å². The predicted molar refractivity (Wildman–Crippen MR) is 119 cm³/mol. The van der Waals surface area contributed by atoms with Gasteiger partial charge in [-0.05, 0) is 42.7 Å². The Morgan fingerprint density at radius 1 is 1.34 bits per heavy atom. The van der Waals surface area contributed by atoms with Crippen LogP contribution < -0.4 is 5.32 Å². The first kappa shape index (κ1) is 21.9. The first-order chi connectivity index (χ1) is 13.8. The Balaban J connectivity index is 1.59. The number of nitrogens with zero attached hydrogens (tertiary/aromatic N) is 2. The lowest BCUT2D eigenvalue weighted by atomic mass is 9.91. The van der Waals surface area contributed by atoms with Crippen LogP contribution in [0.15, 0.2) is 29.8 Å². The molecule has 0 bridgehead atoms. The lowest BCUT2D eigenvalue weighted by Crippen LogP contribution is -2.49. The molecule has 1 aliphatic heterocycles. The molecule has 2 aromatic rings. The number of hydrogen-bond donors (Lipinski definition) is 1. The SMILES string of the molecule is COC(CC(C)(C)C)N1CCC[C@H]1C(=O)NCc1ccc(-c2scnc2C)cc1. The summed E-state index contributed by atoms with van der Waals surface area (Å²) in [5.41, 5.74) is 5.36. The summed E-state index contributed by atoms with van der Waals surface area (Å²) in [6.45, 7) is 10.1. The number of aromatic nitrogens is 1. The van der Waals surface area contributed by atoms with Gasteiger partial charge in [-0.15, -0.1) is 11.3 Å². The van der Waals surface area contributed by atoms with Gasteiger partial charge in [0.15, 0.2) is 0 Å². The van der Waals surface area contributed by atoms with Gasteiger partial charge in [-0.25, -0.2) is 4.98 Å². The van der Waals surface area contributed by atoms with Gasteiger partial charge in [-0.2, -0.15) is 0 Å². The first-order valence-electron chi connectivity index (χ1n) is 10.3. The maximum absolute atomic E-state index is 12.9. The fourth-order valence-electron chi connectivity index (χ4n) is 3.94. The molecule has 3 rings (SSSR count). The zero-order valence-electron chi connectivity index (χ0n) is 18.2. The van der Waals surface area contributed by atoms with Gasteiger partial charge in [0.2, 0.25) is 5.91 Å². The number of benzene rings is 1. The van der Waals surface area contributed by atoms with Crippen LogP contribution in [0.5, 0.6) is 0 Å². The molecule has 1 fully saturated rings. The molecule has 0 saturated carbocycles. The molecule has 0 spiro atoms. The van der Waals surface area contributed by atoms with Crippen molar-refractivity contribution < 1.29 is 9.53 Å². The largest absolute Gasteiger partial charge is 0.366 e. The number of amides is 1. The first-order valence-corrected chi connectivity index (χ1v) is 11.2. The van der Waals surface area contributed by atoms with E-state index in [-0.39, 0.29) is 23.6 Å². The van der Waals surface area contributed by atoms with Crippen LogP contribution in [0, 0.1) is 12.3 Å². The maximum Gasteiger partial charge on any atom is 0.237 e. The second kappa shape index (κ2) is 9.37. The van der Waals surface area contributed by atoms with Crippen molar-refractivity contribution in [3.05, 3.63) is 41.0 Å². The van der Waals surface area contributed by atoms with Crippen molar-refractivity contribution in [2.75, 3.05) is 13.7 Å². The molecule has 0 radical (unpaired) electrons. The van der Waals surface area contributed by atoms with Crippen LogP contribution in [0.2, 0.25) is 0 Å². The van der Waals surface area contributed by atoms with Crippen LogP contribution in [0.1, 0.15) is 51.3 Å². The molecule has 2 atom stereocenters. The summed E-state index contributed by atoms with van der Waals surface area (Å²) in [5.74, 6) is 0.0980. The molecule has 0 aliphatic carbocycles. The van der Waals surface area contributed by atoms with Gasteiger partial charge in [-0.3, -0.25) is 9.69 Å². The summed E-state index contributed by atoms with van der Waals surface area (Å²) in [5, 5.41) is 3.13. The van der Waals surface area contributed by atoms with E-state index in [1.54, 1.807) is 18.4 Å². The quantitative estimate of drug-likeness (QED) is 0.718. The van der Waals surface area contributed by atoms with Gasteiger partial charge >= 0.3 is 0 Å². The molecule has 2 heterocycles. The highest BCUT2D eigenvalue weighted by Gasteiger charge is 2.36. The standard InChI is InChI=1S/C23H33N3O2S/c1-16-21(29-15-25-16)18-10-8-17(9-11-18)14-24-22(27)19-7-6-12-26(19)20(28-5)13-23(2,3)4/h8-11,15,19-20H,6-7,12-14H2,1-5H3,(H,24,27)/t19-,20?/m0/s1. The van der Waals surface area contributed by atoms with Gasteiger partial charge in [0.25, 0.3) is 0 Å². The van der Waals surface area contributed by atoms with Crippen LogP contribution in [0.25, 0.3) is 10.4 Å². The van der Waals surface area contributed by atoms with E-state index in [2.05, 4.69) is 60.2 Å². The summed E-state index contributed by atoms with van der Waals surface area (Å²) in [7, 11) is 1.75. The van der Waals surface area contributed by atoms with Crippen LogP contribution >= 0.6 is 11.3 Å². The van der Waals surface area contributed by atoms with Crippen molar-refractivity contribution in [2.45, 2.75) is 65.8 Å². The zero-order valence-corrected chi connectivity index (χ0v) is 19.0. The molecular weight excluding hydrogens is 382 g/mol. The molecule has 1 saturated heterocycles. The van der Waals surface area contributed by atoms with Gasteiger partial charge in [0, 0.05) is 20.2 Å². The van der Waals surface area contributed by atoms with Gasteiger partial charge in [0.05, 0.1) is 22.1 Å². The molecule has 5 nitrogen and oxygen atoms in total. The van der Waals surface area contributed by atoms with E-state index < -0.39 is 0 Å². The lowest BCUT2D eigenvalue weighted by molar-refractivity contribution is -0.132. The molecule has 1 aromatic heterocycles. The number of ether oxygens (including phenoxy) is 1. The second-order valence-electron chi connectivity index (χ2n) is 9.03. The van der Waals surface area contributed by atoms with Gasteiger partial charge in [-0.1, -0.05) is 45.0 Å². The number of rotatable bonds is 7. The Morgan fingerprint density at radius 2 is 2.07 bits per heavy atom. The van der Waals surface area contributed by atoms with E-state index >= 15 is 0 Å². The average molecular weight is 416 g/mol. The monoisotopic (exact) mass is 415 g/mol. The molecule has 1 aliphatic rings. The van der Waals surface area contributed by atoms with Crippen LogP contribution in [-0.4, -0.2) is 41.7 Å². The number of thiazole rings is 1. The van der Waals surface area contributed by atoms with Crippen LogP contribution in [0.4, 0.5) is 0 Å². The maximum atomic E-state index is 12.9. The number of nitrogens with one attached hydrogen (secondary N) is 1. The van der Waals surface area contributed by atoms with Gasteiger partial charge < -0.3 is 10.1 Å². The van der Waals surface area contributed by atoms with Crippen LogP contribution in [0.3, 0.4) is 0 Å². The third-order valence-corrected chi connectivity index (χ3v) is 6.43. The molecular formula is C23H33N3O2S. The minimum atomic E-state index is -0.110. The number of methoxy groups -OCH3 is 1. The van der Waals surface area contributed by atoms with Gasteiger partial charge in [0.1, 0.15) is 6.23 Å². The molecule has 158 valence electrons. The highest BCUT2D eigenvalue weighted by Crippen LogP contribution is 2.29. The number of carbonyl (C=O) groups is 1. The van der Waals surface area contributed by atoms with Crippen molar-refractivity contribution in [1.82, 2.24) is 15.2 Å². The minimum Gasteiger partial charge on any atom is -0.366 e. The topological polar surface area (TPSA) is 54.5 Å². The normalized spacial score (nSPS) is 18.7. The summed E-state index contributed by atoms with van der Waals surface area (Å²) >= 11 is 1.65. The Kier molecular flexibility index (Phi) is 7.09. The highest BCUT2D eigenvalue weighted by molar-refractivity contribution is 7.13. The Labute approximate surface area is 178 Å². The fourth-order valence-corrected chi connectivity index (χ4v) is 4.75. The van der Waals surface area contributed by atoms with E-state index in [0.717, 1.165) is 37.1 Å². The Hall–Kier alpha value is -1.76. The third-order valence-electron chi connectivity index (χ3n) is 5.45. The second-order valence-corrected chi connectivity index (χ2v) is 9.89. The zero-order chi connectivity index (χ0) is 21.0. The Morgan fingerprint density at radius 3 is 2.66 bits per heavy atom. The minimum absolute atomic E-state index is 0.0184. The summed E-state index contributed by atoms with van der Waals surface area (Å²) in [6.07, 6.45) is 2.81. The highest BCUT2D eigenvalue weighted by atomic mass is 32.1. The van der Waals surface area contributed by atoms with Crippen molar-refractivity contribution >= 4 is 17.2 Å². The smallest absolute Gasteiger partial charge is 0.237 e. The van der Waals surface area contributed by atoms with E-state index in [9.17, 15) is 4.79 Å². The molecule has 29 heavy (non-hydrogen) atoms. The lowest BCUT2D eigenvalue weighted by Gasteiger charge is -2.35. The average Bonchev–Trinajstić information content (AvgIpc) is 3.33. The fraction of sp³-hybridized carbons (Fsp3) is 0.565. The third kappa shape index (κ3) is 5.65. The van der Waals surface area contributed by atoms with Crippen molar-refractivity contribution in [3.8, 4) is 10.4 Å². The molecule has 1 N–H and O–H groups in total. The molecule has 6 heteroatoms. The van der Waals surface area contributed by atoms with Crippen LogP contribution in [-0.2, 0) is 16.1 Å². The number of likely N-dealkylation sites (tertiary alicyclic amines) is 1. The van der Waals surface area contributed by atoms with Crippen molar-refractivity contribution in [1.29, 1.82) is 0 Å². The molecule has 1 amide bonds. The van der Waals surface area contributed by atoms with E-state index in [0.29, 0.717) is 6.54 Å². The summed E-state index contributed by atoms with van der Waals surface area (Å²) in [6, 6.07) is 8.27. The van der Waals surface area contributed by atoms with Crippen molar-refractivity contribution in [3.63, 3.8) is 0 Å². The van der Waals surface area contributed by atoms with Crippen molar-refractivity contribution in [2.24, 2.45) is 5.41 Å². The number of carbonyl (C=O) groups excluding carboxylic acids is 1. The number of aryl methyl sites for hydroxylation is 1. The summed E-state index contributed by atoms with van der Waals surface area (Å²) in [4.78, 5) is 20.6. The predicted octanol–water partition coefficient (Wildman–Crippen LogP) is 4.61. The molecule has 1 unspecified atom stereocenters. The summed E-state index contributed by atoms with van der Waals surface area (Å²) < 4.78 is 5.75. The Bertz CT molecular complexity index is 810. The number of hydrogen-bond acceptors (Lipinski definition) is 5. The van der Waals surface area contributed by atoms with E-state index in [1.165, 1.54) is 10.4 Å². The molecule has 1 aromatic carbocycles.